The minimum absolute atomic E-state index is 0.0132. The van der Waals surface area contributed by atoms with Crippen LogP contribution in [0.5, 0.6) is 0 Å². The molecule has 0 saturated heterocycles. The van der Waals surface area contributed by atoms with E-state index in [2.05, 4.69) is 24.4 Å². The fraction of sp³-hybridized carbons (Fsp3) is 0.500. The molecule has 1 aliphatic carbocycles. The molecule has 0 heterocycles. The Bertz CT molecular complexity index is 434. The van der Waals surface area contributed by atoms with E-state index >= 15 is 0 Å². The van der Waals surface area contributed by atoms with Crippen LogP contribution in [-0.4, -0.2) is 36.2 Å². The average Bonchev–Trinajstić information content (AvgIpc) is 2.66. The van der Waals surface area contributed by atoms with Gasteiger partial charge in [0.2, 0.25) is 0 Å². The van der Waals surface area contributed by atoms with Gasteiger partial charge in [-0.2, -0.15) is 0 Å². The third-order valence-electron chi connectivity index (χ3n) is 3.56. The Morgan fingerprint density at radius 1 is 1.50 bits per heavy atom. The molecule has 0 aliphatic heterocycles. The van der Waals surface area contributed by atoms with Gasteiger partial charge in [0.25, 0.3) is 0 Å². The molecule has 0 saturated carbocycles. The molecule has 2 atom stereocenters. The second-order valence-corrected chi connectivity index (χ2v) is 4.95. The van der Waals surface area contributed by atoms with Crippen LogP contribution < -0.4 is 5.32 Å². The van der Waals surface area contributed by atoms with E-state index in [1.54, 1.807) is 7.05 Å². The summed E-state index contributed by atoms with van der Waals surface area (Å²) in [5, 5.41) is 11.9. The quantitative estimate of drug-likeness (QED) is 0.852. The van der Waals surface area contributed by atoms with Gasteiger partial charge < -0.3 is 15.3 Å². The van der Waals surface area contributed by atoms with Gasteiger partial charge in [-0.05, 0) is 23.5 Å². The first kappa shape index (κ1) is 12.9. The molecule has 98 valence electrons. The van der Waals surface area contributed by atoms with E-state index in [4.69, 9.17) is 5.11 Å². The molecule has 0 radical (unpaired) electrons. The minimum Gasteiger partial charge on any atom is -0.395 e. The smallest absolute Gasteiger partial charge is 0.317 e. The van der Waals surface area contributed by atoms with Crippen LogP contribution >= 0.6 is 0 Å². The lowest BCUT2D eigenvalue weighted by Crippen LogP contribution is -2.41. The third-order valence-corrected chi connectivity index (χ3v) is 3.56. The highest BCUT2D eigenvalue weighted by molar-refractivity contribution is 5.74. The Kier molecular flexibility index (Phi) is 3.87. The van der Waals surface area contributed by atoms with Gasteiger partial charge in [-0.25, -0.2) is 4.79 Å². The number of aliphatic hydroxyl groups is 1. The van der Waals surface area contributed by atoms with Gasteiger partial charge in [0, 0.05) is 13.6 Å². The number of hydrogen-bond donors (Lipinski definition) is 2. The highest BCUT2D eigenvalue weighted by Crippen LogP contribution is 2.35. The summed E-state index contributed by atoms with van der Waals surface area (Å²) in [5.41, 5.74) is 2.54. The average molecular weight is 248 g/mol. The zero-order valence-electron chi connectivity index (χ0n) is 10.9. The van der Waals surface area contributed by atoms with E-state index in [1.807, 2.05) is 12.1 Å². The molecule has 2 rings (SSSR count). The second kappa shape index (κ2) is 5.40. The molecule has 1 aromatic carbocycles. The van der Waals surface area contributed by atoms with E-state index in [0.717, 1.165) is 6.42 Å². The molecule has 0 aromatic heterocycles. The zero-order chi connectivity index (χ0) is 13.1. The fourth-order valence-electron chi connectivity index (χ4n) is 2.51. The lowest BCUT2D eigenvalue weighted by Gasteiger charge is -2.23. The van der Waals surface area contributed by atoms with Crippen molar-refractivity contribution < 1.29 is 9.90 Å². The molecule has 2 amide bonds. The lowest BCUT2D eigenvalue weighted by atomic mass is 10.0. The standard InChI is InChI=1S/C14H20N2O2/c1-10-9-11-5-3-4-6-12(11)13(10)15-14(18)16(2)7-8-17/h3-6,10,13,17H,7-9H2,1-2H3,(H,15,18). The van der Waals surface area contributed by atoms with Gasteiger partial charge in [-0.3, -0.25) is 0 Å². The summed E-state index contributed by atoms with van der Waals surface area (Å²) >= 11 is 0. The van der Waals surface area contributed by atoms with E-state index in [1.165, 1.54) is 16.0 Å². The number of benzene rings is 1. The monoisotopic (exact) mass is 248 g/mol. The lowest BCUT2D eigenvalue weighted by molar-refractivity contribution is 0.184. The fourth-order valence-corrected chi connectivity index (χ4v) is 2.51. The van der Waals surface area contributed by atoms with Gasteiger partial charge in [0.05, 0.1) is 12.6 Å². The van der Waals surface area contributed by atoms with E-state index in [0.29, 0.717) is 12.5 Å². The van der Waals surface area contributed by atoms with Gasteiger partial charge in [0.1, 0.15) is 0 Å². The highest BCUT2D eigenvalue weighted by atomic mass is 16.3. The van der Waals surface area contributed by atoms with Gasteiger partial charge in [0.15, 0.2) is 0 Å². The van der Waals surface area contributed by atoms with Crippen molar-refractivity contribution in [3.8, 4) is 0 Å². The predicted molar refractivity (Wildman–Crippen MR) is 70.3 cm³/mol. The topological polar surface area (TPSA) is 52.6 Å². The Morgan fingerprint density at radius 3 is 2.94 bits per heavy atom. The van der Waals surface area contributed by atoms with Crippen LogP contribution in [0, 0.1) is 5.92 Å². The summed E-state index contributed by atoms with van der Waals surface area (Å²) < 4.78 is 0. The van der Waals surface area contributed by atoms with Gasteiger partial charge >= 0.3 is 6.03 Å². The highest BCUT2D eigenvalue weighted by Gasteiger charge is 2.30. The first-order chi connectivity index (χ1) is 8.63. The maximum absolute atomic E-state index is 11.9. The Morgan fingerprint density at radius 2 is 2.22 bits per heavy atom. The van der Waals surface area contributed by atoms with Crippen LogP contribution in [0.15, 0.2) is 24.3 Å². The molecule has 1 aliphatic rings. The normalized spacial score (nSPS) is 21.5. The molecular weight excluding hydrogens is 228 g/mol. The van der Waals surface area contributed by atoms with Gasteiger partial charge in [-0.15, -0.1) is 0 Å². The number of hydrogen-bond acceptors (Lipinski definition) is 2. The number of aliphatic hydroxyl groups excluding tert-OH is 1. The van der Waals surface area contributed by atoms with Crippen LogP contribution in [0.25, 0.3) is 0 Å². The number of nitrogens with one attached hydrogen (secondary N) is 1. The second-order valence-electron chi connectivity index (χ2n) is 4.95. The third kappa shape index (κ3) is 2.48. The number of carbonyl (C=O) groups excluding carboxylic acids is 1. The Hall–Kier alpha value is -1.55. The van der Waals surface area contributed by atoms with Crippen molar-refractivity contribution in [2.24, 2.45) is 5.92 Å². The van der Waals surface area contributed by atoms with Crippen molar-refractivity contribution in [3.63, 3.8) is 0 Å². The summed E-state index contributed by atoms with van der Waals surface area (Å²) in [6.07, 6.45) is 1.00. The largest absolute Gasteiger partial charge is 0.395 e. The van der Waals surface area contributed by atoms with Crippen molar-refractivity contribution in [2.75, 3.05) is 20.2 Å². The zero-order valence-corrected chi connectivity index (χ0v) is 10.9. The molecule has 2 N–H and O–H groups in total. The first-order valence-corrected chi connectivity index (χ1v) is 6.33. The number of amides is 2. The molecule has 4 nitrogen and oxygen atoms in total. The molecule has 4 heteroatoms. The maximum atomic E-state index is 11.9. The summed E-state index contributed by atoms with van der Waals surface area (Å²) in [4.78, 5) is 13.5. The number of likely N-dealkylation sites (N-methyl/N-ethyl adjacent to an activating group) is 1. The van der Waals surface area contributed by atoms with Crippen LogP contribution in [-0.2, 0) is 6.42 Å². The first-order valence-electron chi connectivity index (χ1n) is 6.33. The van der Waals surface area contributed by atoms with Crippen molar-refractivity contribution >= 4 is 6.03 Å². The number of fused-ring (bicyclic) bond motifs is 1. The van der Waals surface area contributed by atoms with Crippen molar-refractivity contribution in [1.29, 1.82) is 0 Å². The summed E-state index contributed by atoms with van der Waals surface area (Å²) in [6, 6.07) is 8.19. The van der Waals surface area contributed by atoms with Gasteiger partial charge in [-0.1, -0.05) is 31.2 Å². The summed E-state index contributed by atoms with van der Waals surface area (Å²) in [7, 11) is 1.69. The molecular formula is C14H20N2O2. The van der Waals surface area contributed by atoms with Crippen LogP contribution in [0.3, 0.4) is 0 Å². The SMILES string of the molecule is CC1Cc2ccccc2C1NC(=O)N(C)CCO. The van der Waals surface area contributed by atoms with E-state index in [9.17, 15) is 4.79 Å². The van der Waals surface area contributed by atoms with Crippen LogP contribution in [0.1, 0.15) is 24.1 Å². The molecule has 0 bridgehead atoms. The summed E-state index contributed by atoms with van der Waals surface area (Å²) in [5.74, 6) is 0.411. The number of rotatable bonds is 3. The maximum Gasteiger partial charge on any atom is 0.317 e. The van der Waals surface area contributed by atoms with E-state index < -0.39 is 0 Å². The number of carbonyl (C=O) groups is 1. The van der Waals surface area contributed by atoms with Crippen molar-refractivity contribution in [1.82, 2.24) is 10.2 Å². The van der Waals surface area contributed by atoms with Crippen LogP contribution in [0.4, 0.5) is 4.79 Å². The van der Waals surface area contributed by atoms with Crippen molar-refractivity contribution in [2.45, 2.75) is 19.4 Å². The predicted octanol–water partition coefficient (Wildman–Crippen LogP) is 1.55. The summed E-state index contributed by atoms with van der Waals surface area (Å²) in [6.45, 7) is 2.49. The van der Waals surface area contributed by atoms with Crippen LogP contribution in [0.2, 0.25) is 0 Å². The molecule has 0 spiro atoms. The Balaban J connectivity index is 2.08. The molecule has 0 fully saturated rings. The minimum atomic E-state index is -0.127. The number of nitrogens with zero attached hydrogens (tertiary/aromatic N) is 1. The van der Waals surface area contributed by atoms with E-state index in [-0.39, 0.29) is 18.7 Å². The Labute approximate surface area is 108 Å². The molecule has 1 aromatic rings. The van der Waals surface area contributed by atoms with Crippen molar-refractivity contribution in [3.05, 3.63) is 35.4 Å². The number of urea groups is 1. The molecule has 18 heavy (non-hydrogen) atoms. The molecule has 2 unspecified atom stereocenters.